The third-order valence-corrected chi connectivity index (χ3v) is 10.6. The Bertz CT molecular complexity index is 2000. The van der Waals surface area contributed by atoms with Crippen molar-refractivity contribution in [2.45, 2.75) is 129 Å². The molecule has 394 valence electrons. The van der Waals surface area contributed by atoms with Crippen molar-refractivity contribution in [2.75, 3.05) is 51.0 Å². The number of halogens is 4. The molecule has 19 nitrogen and oxygen atoms in total. The molecule has 0 aliphatic carbocycles. The van der Waals surface area contributed by atoms with Crippen LogP contribution >= 0.6 is 22.6 Å². The Morgan fingerprint density at radius 1 is 0.855 bits per heavy atom. The molecule has 3 heterocycles. The van der Waals surface area contributed by atoms with Gasteiger partial charge < -0.3 is 52.8 Å². The fourth-order valence-electron chi connectivity index (χ4n) is 6.22. The number of quaternary nitrogens is 1. The summed E-state index contributed by atoms with van der Waals surface area (Å²) in [6.07, 6.45) is -8.75. The minimum absolute atomic E-state index is 0. The maximum atomic E-state index is 14.8. The molecule has 3 saturated heterocycles. The van der Waals surface area contributed by atoms with Crippen molar-refractivity contribution >= 4 is 62.8 Å². The summed E-state index contributed by atoms with van der Waals surface area (Å²) in [4.78, 5) is 62.0. The highest BCUT2D eigenvalue weighted by atomic mass is 127. The van der Waals surface area contributed by atoms with Gasteiger partial charge in [0.15, 0.2) is 24.1 Å². The third-order valence-electron chi connectivity index (χ3n) is 10.2. The molecule has 0 aromatic heterocycles. The number of nitrogens with one attached hydrogen (secondary N) is 1. The first-order valence-corrected chi connectivity index (χ1v) is 24.7. The Morgan fingerprint density at radius 3 is 1.68 bits per heavy atom. The van der Waals surface area contributed by atoms with E-state index in [1.165, 1.54) is 52.5 Å². The Balaban J connectivity index is 0.000000972. The summed E-state index contributed by atoms with van der Waals surface area (Å²) in [5, 5.41) is 17.5. The second-order valence-electron chi connectivity index (χ2n) is 15.7. The lowest BCUT2D eigenvalue weighted by Crippen LogP contribution is -3.11. The zero-order valence-corrected chi connectivity index (χ0v) is 42.5. The van der Waals surface area contributed by atoms with Gasteiger partial charge in [-0.1, -0.05) is 66.4 Å². The third kappa shape index (κ3) is 19.6. The lowest BCUT2D eigenvalue weighted by molar-refractivity contribution is -0.894. The normalized spacial score (nSPS) is 25.6. The van der Waals surface area contributed by atoms with E-state index < -0.39 is 113 Å². The van der Waals surface area contributed by atoms with Gasteiger partial charge in [0.1, 0.15) is 24.9 Å². The molecule has 24 heteroatoms. The van der Waals surface area contributed by atoms with E-state index in [2.05, 4.69) is 57.0 Å². The minimum atomic E-state index is -5.26. The predicted octanol–water partition coefficient (Wildman–Crippen LogP) is 3.61. The molecule has 0 amide bonds. The molecule has 3 aliphatic heterocycles. The van der Waals surface area contributed by atoms with Gasteiger partial charge in [0, 0.05) is 0 Å². The van der Waals surface area contributed by atoms with Gasteiger partial charge in [-0.2, -0.15) is 0 Å². The lowest BCUT2D eigenvalue weighted by Gasteiger charge is -2.32. The summed E-state index contributed by atoms with van der Waals surface area (Å²) in [7, 11) is -5.26. The number of hydrogen-bond acceptors (Lipinski definition) is 18. The number of rotatable bonds is 15. The van der Waals surface area contributed by atoms with E-state index in [1.807, 2.05) is 4.93 Å². The number of alkyl halides is 4. The van der Waals surface area contributed by atoms with Crippen LogP contribution in [0.2, 0.25) is 0 Å². The topological polar surface area (TPSA) is 261 Å². The number of aliphatic hydroxyl groups excluding tert-OH is 2. The highest BCUT2D eigenvalue weighted by Crippen LogP contribution is 2.35. The summed E-state index contributed by atoms with van der Waals surface area (Å²) >= 11 is 2.15. The van der Waals surface area contributed by atoms with Gasteiger partial charge in [-0.05, 0) is 91.5 Å². The van der Waals surface area contributed by atoms with Gasteiger partial charge in [-0.25, -0.2) is 45.6 Å². The van der Waals surface area contributed by atoms with Crippen LogP contribution in [0.4, 0.5) is 13.2 Å². The standard InChI is InChI=1S/C20H17FO6.C11H19FO8S.C6H9FO4.C6H15N.CH3I.CH4/c1-20(21)16(27-18(23)14-10-6-3-7-11-14)15(26-19(20)24)12-25-17(22)13-8-4-2-5-9-13;1-5-17-9(13)11(4,12)8(20-21(14,15)16)7-6-18-10(2,3)19-7;1-6(7)4(9)3(2-8)11-5(6)10;1-4-7(5-2)6-3;1-2;/h2-11,15-16H,12H2,1H3;7-8H,5-6H2,1-4H3,(H,14,15,16);3-4,8-9H,2H2,1H3;4-6H2,1-3H3;1H3;1H4/t15-,16-,20-;7-,8-,11-;3-,4-,6-;;;/m111.../s1. The smallest absolute Gasteiger partial charge is 0.348 e. The monoisotopic (exact) mass is 1130 g/mol. The maximum Gasteiger partial charge on any atom is 0.348 e. The van der Waals surface area contributed by atoms with Gasteiger partial charge in [0.25, 0.3) is 0 Å². The molecule has 3 fully saturated rings. The average Bonchev–Trinajstić information content (AvgIpc) is 3.85. The van der Waals surface area contributed by atoms with E-state index in [1.54, 1.807) is 53.4 Å². The molecule has 69 heavy (non-hydrogen) atoms. The van der Waals surface area contributed by atoms with E-state index in [0.717, 1.165) is 20.8 Å². The lowest BCUT2D eigenvalue weighted by atomic mass is 9.97. The fraction of sp³-hybridized carbons (Fsp3) is 0.622. The van der Waals surface area contributed by atoms with Crippen molar-refractivity contribution in [2.24, 2.45) is 0 Å². The fourth-order valence-corrected chi connectivity index (χ4v) is 6.77. The number of aliphatic hydroxyl groups is 2. The van der Waals surface area contributed by atoms with E-state index in [-0.39, 0.29) is 26.2 Å². The second-order valence-corrected chi connectivity index (χ2v) is 16.7. The SMILES string of the molecule is C.CCOC(=O)[C@](C)(F)[C@H](OS(=O)(=O)[O-])[C@H]1COC(C)(C)O1.CC[NH+](CC)CC.CI.C[C@]1(F)C(=O)O[C@H](CO)[C@H]1O.C[C@]1(F)C(=O)O[C@H](COC(=O)c2ccccc2)[C@H]1OC(=O)c1ccccc1. The van der Waals surface area contributed by atoms with Gasteiger partial charge in [0.2, 0.25) is 27.4 Å². The zero-order chi connectivity index (χ0) is 52.3. The summed E-state index contributed by atoms with van der Waals surface area (Å²) in [6, 6.07) is 16.1. The van der Waals surface area contributed by atoms with Gasteiger partial charge in [0.05, 0.1) is 50.6 Å². The molecule has 0 spiro atoms. The number of esters is 5. The molecule has 2 aromatic carbocycles. The molecule has 5 rings (SSSR count). The van der Waals surface area contributed by atoms with E-state index in [0.29, 0.717) is 5.56 Å². The average molecular weight is 1130 g/mol. The molecule has 9 atom stereocenters. The quantitative estimate of drug-likeness (QED) is 0.0575. The highest BCUT2D eigenvalue weighted by molar-refractivity contribution is 14.1. The van der Waals surface area contributed by atoms with Crippen LogP contribution in [0.3, 0.4) is 0 Å². The van der Waals surface area contributed by atoms with Gasteiger partial charge in [-0.3, -0.25) is 4.18 Å². The first kappa shape index (κ1) is 65.0. The molecular formula is C45H67F3INO18S. The van der Waals surface area contributed by atoms with Crippen molar-refractivity contribution in [3.8, 4) is 0 Å². The number of hydrogen-bond donors (Lipinski definition) is 3. The van der Waals surface area contributed by atoms with Gasteiger partial charge in [-0.15, -0.1) is 0 Å². The molecule has 0 radical (unpaired) electrons. The zero-order valence-electron chi connectivity index (χ0n) is 39.5. The van der Waals surface area contributed by atoms with Crippen LogP contribution in [-0.4, -0.2) is 163 Å². The number of ether oxygens (including phenoxy) is 7. The summed E-state index contributed by atoms with van der Waals surface area (Å²) in [5.41, 5.74) is -7.33. The van der Waals surface area contributed by atoms with Gasteiger partial charge >= 0.3 is 29.8 Å². The maximum absolute atomic E-state index is 14.8. The summed E-state index contributed by atoms with van der Waals surface area (Å²) < 4.78 is 113. The highest BCUT2D eigenvalue weighted by Gasteiger charge is 2.59. The molecular weight excluding hydrogens is 1060 g/mol. The second kappa shape index (κ2) is 29.4. The van der Waals surface area contributed by atoms with Crippen molar-refractivity contribution < 1.29 is 103 Å². The van der Waals surface area contributed by atoms with Crippen molar-refractivity contribution in [3.63, 3.8) is 0 Å². The number of benzene rings is 2. The van der Waals surface area contributed by atoms with Crippen LogP contribution in [0.25, 0.3) is 0 Å². The van der Waals surface area contributed by atoms with E-state index in [9.17, 15) is 50.1 Å². The summed E-state index contributed by atoms with van der Waals surface area (Å²) in [5.74, 6) is -6.23. The van der Waals surface area contributed by atoms with E-state index >= 15 is 0 Å². The number of cyclic esters (lactones) is 2. The predicted molar refractivity (Wildman–Crippen MR) is 249 cm³/mol. The molecule has 0 unspecified atom stereocenters. The minimum Gasteiger partial charge on any atom is -0.726 e. The molecule has 2 aromatic rings. The van der Waals surface area contributed by atoms with Crippen LogP contribution in [0.5, 0.6) is 0 Å². The Kier molecular flexibility index (Phi) is 27.6. The number of carbonyl (C=O) groups excluding carboxylic acids is 5. The first-order chi connectivity index (χ1) is 31.6. The first-order valence-electron chi connectivity index (χ1n) is 21.2. The molecule has 3 N–H and O–H groups in total. The number of carbonyl (C=O) groups is 5. The van der Waals surface area contributed by atoms with Crippen LogP contribution in [0.15, 0.2) is 60.7 Å². The Hall–Kier alpha value is -4.02. The molecule has 0 saturated carbocycles. The van der Waals surface area contributed by atoms with E-state index in [4.69, 9.17) is 33.9 Å². The molecule has 0 bridgehead atoms. The van der Waals surface area contributed by atoms with Crippen LogP contribution in [-0.2, 0) is 62.1 Å². The van der Waals surface area contributed by atoms with Crippen LogP contribution in [0, 0.1) is 0 Å². The Labute approximate surface area is 415 Å². The summed E-state index contributed by atoms with van der Waals surface area (Å²) in [6.45, 7) is 16.2. The van der Waals surface area contributed by atoms with Crippen molar-refractivity contribution in [3.05, 3.63) is 71.8 Å². The van der Waals surface area contributed by atoms with Crippen molar-refractivity contribution in [1.82, 2.24) is 0 Å². The molecule has 3 aliphatic rings. The van der Waals surface area contributed by atoms with Crippen molar-refractivity contribution in [1.29, 1.82) is 0 Å². The Morgan fingerprint density at radius 2 is 1.32 bits per heavy atom. The van der Waals surface area contributed by atoms with Crippen LogP contribution in [0.1, 0.15) is 90.5 Å². The largest absolute Gasteiger partial charge is 0.726 e. The van der Waals surface area contributed by atoms with Crippen LogP contribution < -0.4 is 4.90 Å².